The van der Waals surface area contributed by atoms with E-state index in [-0.39, 0.29) is 0 Å². The SMILES string of the molecule is CCOC(=O)C(CC)C(=O)OCC1CCC1. The van der Waals surface area contributed by atoms with Gasteiger partial charge < -0.3 is 9.47 Å². The molecule has 0 aromatic heterocycles. The second-order valence-corrected chi connectivity index (χ2v) is 4.14. The molecule has 0 radical (unpaired) electrons. The minimum atomic E-state index is -0.750. The van der Waals surface area contributed by atoms with E-state index in [2.05, 4.69) is 0 Å². The first-order valence-electron chi connectivity index (χ1n) is 6.02. The summed E-state index contributed by atoms with van der Waals surface area (Å²) in [7, 11) is 0. The minimum absolute atomic E-state index is 0.297. The molecule has 0 heterocycles. The molecule has 0 bridgehead atoms. The summed E-state index contributed by atoms with van der Waals surface area (Å²) in [5.74, 6) is -1.15. The van der Waals surface area contributed by atoms with Gasteiger partial charge in [-0.05, 0) is 32.1 Å². The molecule has 1 aliphatic rings. The highest BCUT2D eigenvalue weighted by atomic mass is 16.6. The van der Waals surface area contributed by atoms with Gasteiger partial charge in [-0.3, -0.25) is 9.59 Å². The lowest BCUT2D eigenvalue weighted by molar-refractivity contribution is -0.163. The first-order chi connectivity index (χ1) is 7.69. The fourth-order valence-electron chi connectivity index (χ4n) is 1.63. The summed E-state index contributed by atoms with van der Waals surface area (Å²) < 4.78 is 9.95. The zero-order chi connectivity index (χ0) is 12.0. The molecule has 0 aromatic rings. The van der Waals surface area contributed by atoms with E-state index in [1.54, 1.807) is 13.8 Å². The van der Waals surface area contributed by atoms with Crippen LogP contribution in [-0.2, 0) is 19.1 Å². The number of hydrogen-bond donors (Lipinski definition) is 0. The van der Waals surface area contributed by atoms with Crippen LogP contribution in [0.5, 0.6) is 0 Å². The number of ether oxygens (including phenoxy) is 2. The van der Waals surface area contributed by atoms with E-state index in [4.69, 9.17) is 9.47 Å². The maximum Gasteiger partial charge on any atom is 0.320 e. The summed E-state index contributed by atoms with van der Waals surface area (Å²) in [5, 5.41) is 0. The van der Waals surface area contributed by atoms with Crippen LogP contribution in [0.15, 0.2) is 0 Å². The van der Waals surface area contributed by atoms with Crippen LogP contribution in [0.4, 0.5) is 0 Å². The molecule has 0 saturated heterocycles. The predicted molar refractivity (Wildman–Crippen MR) is 58.7 cm³/mol. The van der Waals surface area contributed by atoms with Gasteiger partial charge in [-0.25, -0.2) is 0 Å². The van der Waals surface area contributed by atoms with E-state index in [1.807, 2.05) is 0 Å². The van der Waals surface area contributed by atoms with Gasteiger partial charge in [0.15, 0.2) is 5.92 Å². The molecular weight excluding hydrogens is 208 g/mol. The Kier molecular flexibility index (Phi) is 5.29. The molecule has 0 aromatic carbocycles. The van der Waals surface area contributed by atoms with Gasteiger partial charge in [-0.15, -0.1) is 0 Å². The Hall–Kier alpha value is -1.06. The quantitative estimate of drug-likeness (QED) is 0.515. The van der Waals surface area contributed by atoms with Gasteiger partial charge in [-0.2, -0.15) is 0 Å². The summed E-state index contributed by atoms with van der Waals surface area (Å²) in [6.45, 7) is 4.26. The number of rotatable bonds is 6. The van der Waals surface area contributed by atoms with Gasteiger partial charge in [0.05, 0.1) is 13.2 Å². The van der Waals surface area contributed by atoms with Crippen LogP contribution in [0.25, 0.3) is 0 Å². The standard InChI is InChI=1S/C12H20O4/c1-3-10(11(13)15-4-2)12(14)16-8-9-6-5-7-9/h9-10H,3-8H2,1-2H3. The summed E-state index contributed by atoms with van der Waals surface area (Å²) in [6.07, 6.45) is 3.91. The van der Waals surface area contributed by atoms with Gasteiger partial charge in [0.2, 0.25) is 0 Å². The third-order valence-electron chi connectivity index (χ3n) is 2.95. The van der Waals surface area contributed by atoms with Crippen molar-refractivity contribution >= 4 is 11.9 Å². The molecule has 16 heavy (non-hydrogen) atoms. The van der Waals surface area contributed by atoms with Gasteiger partial charge >= 0.3 is 11.9 Å². The smallest absolute Gasteiger partial charge is 0.320 e. The van der Waals surface area contributed by atoms with Crippen molar-refractivity contribution in [2.45, 2.75) is 39.5 Å². The number of carbonyl (C=O) groups excluding carboxylic acids is 2. The van der Waals surface area contributed by atoms with Gasteiger partial charge in [0.1, 0.15) is 0 Å². The molecule has 1 atom stereocenters. The third kappa shape index (κ3) is 3.51. The van der Waals surface area contributed by atoms with E-state index >= 15 is 0 Å². The number of hydrogen-bond acceptors (Lipinski definition) is 4. The molecule has 4 heteroatoms. The van der Waals surface area contributed by atoms with E-state index in [9.17, 15) is 9.59 Å². The van der Waals surface area contributed by atoms with E-state index < -0.39 is 17.9 Å². The molecule has 1 unspecified atom stereocenters. The summed E-state index contributed by atoms with van der Waals surface area (Å²) >= 11 is 0. The third-order valence-corrected chi connectivity index (χ3v) is 2.95. The van der Waals surface area contributed by atoms with Crippen molar-refractivity contribution in [3.05, 3.63) is 0 Å². The van der Waals surface area contributed by atoms with Crippen LogP contribution in [0.3, 0.4) is 0 Å². The highest BCUT2D eigenvalue weighted by molar-refractivity contribution is 5.94. The zero-order valence-corrected chi connectivity index (χ0v) is 10.0. The summed E-state index contributed by atoms with van der Waals surface area (Å²) in [4.78, 5) is 23.0. The van der Waals surface area contributed by atoms with Crippen LogP contribution >= 0.6 is 0 Å². The Bertz CT molecular complexity index is 245. The maximum atomic E-state index is 11.6. The average molecular weight is 228 g/mol. The van der Waals surface area contributed by atoms with Crippen LogP contribution in [0.2, 0.25) is 0 Å². The molecule has 1 saturated carbocycles. The Morgan fingerprint density at radius 3 is 2.25 bits per heavy atom. The topological polar surface area (TPSA) is 52.6 Å². The van der Waals surface area contributed by atoms with E-state index in [0.29, 0.717) is 25.6 Å². The van der Waals surface area contributed by atoms with Crippen molar-refractivity contribution in [1.82, 2.24) is 0 Å². The fraction of sp³-hybridized carbons (Fsp3) is 0.833. The van der Waals surface area contributed by atoms with E-state index in [0.717, 1.165) is 12.8 Å². The molecule has 0 N–H and O–H groups in total. The van der Waals surface area contributed by atoms with Crippen LogP contribution in [0, 0.1) is 11.8 Å². The Morgan fingerprint density at radius 2 is 1.81 bits per heavy atom. The summed E-state index contributed by atoms with van der Waals surface area (Å²) in [5.41, 5.74) is 0. The first-order valence-corrected chi connectivity index (χ1v) is 6.02. The minimum Gasteiger partial charge on any atom is -0.465 e. The molecule has 92 valence electrons. The summed E-state index contributed by atoms with van der Waals surface area (Å²) in [6, 6.07) is 0. The van der Waals surface area contributed by atoms with Crippen LogP contribution in [0.1, 0.15) is 39.5 Å². The second-order valence-electron chi connectivity index (χ2n) is 4.14. The van der Waals surface area contributed by atoms with Crippen molar-refractivity contribution in [1.29, 1.82) is 0 Å². The molecular formula is C12H20O4. The van der Waals surface area contributed by atoms with E-state index in [1.165, 1.54) is 6.42 Å². The van der Waals surface area contributed by atoms with Gasteiger partial charge in [0, 0.05) is 0 Å². The zero-order valence-electron chi connectivity index (χ0n) is 10.0. The lowest BCUT2D eigenvalue weighted by Gasteiger charge is -2.25. The molecule has 4 nitrogen and oxygen atoms in total. The maximum absolute atomic E-state index is 11.6. The van der Waals surface area contributed by atoms with Crippen LogP contribution < -0.4 is 0 Å². The van der Waals surface area contributed by atoms with Crippen molar-refractivity contribution < 1.29 is 19.1 Å². The molecule has 0 spiro atoms. The highest BCUT2D eigenvalue weighted by Crippen LogP contribution is 2.26. The Labute approximate surface area is 96.3 Å². The molecule has 1 fully saturated rings. The average Bonchev–Trinajstić information content (AvgIpc) is 2.16. The van der Waals surface area contributed by atoms with Crippen molar-refractivity contribution in [3.63, 3.8) is 0 Å². The van der Waals surface area contributed by atoms with Crippen LogP contribution in [-0.4, -0.2) is 25.2 Å². The highest BCUT2D eigenvalue weighted by Gasteiger charge is 2.29. The lowest BCUT2D eigenvalue weighted by Crippen LogP contribution is -2.30. The molecule has 0 amide bonds. The van der Waals surface area contributed by atoms with Gasteiger partial charge in [-0.1, -0.05) is 13.3 Å². The van der Waals surface area contributed by atoms with Crippen molar-refractivity contribution in [2.24, 2.45) is 11.8 Å². The number of carbonyl (C=O) groups is 2. The van der Waals surface area contributed by atoms with Gasteiger partial charge in [0.25, 0.3) is 0 Å². The van der Waals surface area contributed by atoms with Crippen molar-refractivity contribution in [3.8, 4) is 0 Å². The van der Waals surface area contributed by atoms with Crippen molar-refractivity contribution in [2.75, 3.05) is 13.2 Å². The monoisotopic (exact) mass is 228 g/mol. The largest absolute Gasteiger partial charge is 0.465 e. The lowest BCUT2D eigenvalue weighted by atomic mass is 9.86. The second kappa shape index (κ2) is 6.51. The molecule has 1 aliphatic carbocycles. The first kappa shape index (κ1) is 13.0. The molecule has 1 rings (SSSR count). The fourth-order valence-corrected chi connectivity index (χ4v) is 1.63. The Balaban J connectivity index is 2.32. The Morgan fingerprint density at radius 1 is 1.19 bits per heavy atom. The predicted octanol–water partition coefficient (Wildman–Crippen LogP) is 1.92. The molecule has 0 aliphatic heterocycles. The normalized spacial score (nSPS) is 17.4. The number of esters is 2.